The number of aliphatic hydroxyl groups is 1. The SMILES string of the molecule is CC#CCC(O)c1cc(C)ccc1OC. The van der Waals surface area contributed by atoms with E-state index in [-0.39, 0.29) is 0 Å². The third-order valence-electron chi connectivity index (χ3n) is 2.22. The predicted molar refractivity (Wildman–Crippen MR) is 60.8 cm³/mol. The summed E-state index contributed by atoms with van der Waals surface area (Å²) < 4.78 is 5.19. The summed E-state index contributed by atoms with van der Waals surface area (Å²) >= 11 is 0. The van der Waals surface area contributed by atoms with Crippen molar-refractivity contribution in [2.75, 3.05) is 7.11 Å². The van der Waals surface area contributed by atoms with Gasteiger partial charge in [-0.2, -0.15) is 0 Å². The van der Waals surface area contributed by atoms with E-state index >= 15 is 0 Å². The highest BCUT2D eigenvalue weighted by molar-refractivity contribution is 5.38. The number of ether oxygens (including phenoxy) is 1. The average Bonchev–Trinajstić information content (AvgIpc) is 2.25. The quantitative estimate of drug-likeness (QED) is 0.766. The highest BCUT2D eigenvalue weighted by Gasteiger charge is 2.11. The summed E-state index contributed by atoms with van der Waals surface area (Å²) in [5.41, 5.74) is 1.91. The Kier molecular flexibility index (Phi) is 4.20. The summed E-state index contributed by atoms with van der Waals surface area (Å²) in [5, 5.41) is 9.91. The van der Waals surface area contributed by atoms with E-state index in [0.717, 1.165) is 11.1 Å². The molecule has 0 aliphatic heterocycles. The van der Waals surface area contributed by atoms with Crippen LogP contribution in [0.25, 0.3) is 0 Å². The molecule has 1 unspecified atom stereocenters. The van der Waals surface area contributed by atoms with Crippen LogP contribution in [0.5, 0.6) is 5.75 Å². The molecule has 0 saturated heterocycles. The third kappa shape index (κ3) is 3.00. The molecule has 0 aliphatic carbocycles. The number of aliphatic hydroxyl groups excluding tert-OH is 1. The Morgan fingerprint density at radius 2 is 2.20 bits per heavy atom. The molecule has 80 valence electrons. The van der Waals surface area contributed by atoms with Crippen molar-refractivity contribution in [1.82, 2.24) is 0 Å². The van der Waals surface area contributed by atoms with Crippen LogP contribution in [0.4, 0.5) is 0 Å². The lowest BCUT2D eigenvalue weighted by atomic mass is 10.0. The zero-order chi connectivity index (χ0) is 11.3. The minimum atomic E-state index is -0.577. The fraction of sp³-hybridized carbons (Fsp3) is 0.385. The van der Waals surface area contributed by atoms with Crippen molar-refractivity contribution in [3.05, 3.63) is 29.3 Å². The Morgan fingerprint density at radius 3 is 2.80 bits per heavy atom. The molecule has 0 aromatic heterocycles. The van der Waals surface area contributed by atoms with Crippen molar-refractivity contribution in [1.29, 1.82) is 0 Å². The summed E-state index contributed by atoms with van der Waals surface area (Å²) in [6.45, 7) is 3.75. The Bertz CT molecular complexity index is 385. The van der Waals surface area contributed by atoms with Crippen LogP contribution in [0, 0.1) is 18.8 Å². The van der Waals surface area contributed by atoms with E-state index < -0.39 is 6.10 Å². The van der Waals surface area contributed by atoms with Crippen LogP contribution < -0.4 is 4.74 Å². The normalized spacial score (nSPS) is 11.5. The Hall–Kier alpha value is -1.46. The molecule has 0 aliphatic rings. The molecule has 1 aromatic carbocycles. The molecule has 0 radical (unpaired) electrons. The summed E-state index contributed by atoms with van der Waals surface area (Å²) in [6.07, 6.45) is -0.136. The fourth-order valence-electron chi connectivity index (χ4n) is 1.42. The number of methoxy groups -OCH3 is 1. The second-order valence-electron chi connectivity index (χ2n) is 3.39. The summed E-state index contributed by atoms with van der Waals surface area (Å²) in [6, 6.07) is 5.76. The van der Waals surface area contributed by atoms with Crippen molar-refractivity contribution < 1.29 is 9.84 Å². The maximum Gasteiger partial charge on any atom is 0.124 e. The van der Waals surface area contributed by atoms with E-state index in [1.165, 1.54) is 0 Å². The van der Waals surface area contributed by atoms with Crippen molar-refractivity contribution >= 4 is 0 Å². The van der Waals surface area contributed by atoms with Crippen LogP contribution >= 0.6 is 0 Å². The zero-order valence-corrected chi connectivity index (χ0v) is 9.37. The van der Waals surface area contributed by atoms with Crippen LogP contribution in [0.1, 0.15) is 30.6 Å². The molecule has 0 amide bonds. The lowest BCUT2D eigenvalue weighted by Gasteiger charge is -2.13. The second kappa shape index (κ2) is 5.43. The fourth-order valence-corrected chi connectivity index (χ4v) is 1.42. The van der Waals surface area contributed by atoms with Crippen LogP contribution in [0.15, 0.2) is 18.2 Å². The molecule has 0 fully saturated rings. The van der Waals surface area contributed by atoms with Gasteiger partial charge < -0.3 is 9.84 Å². The number of hydrogen-bond acceptors (Lipinski definition) is 2. The van der Waals surface area contributed by atoms with Crippen molar-refractivity contribution in [2.45, 2.75) is 26.4 Å². The predicted octanol–water partition coefficient (Wildman–Crippen LogP) is 2.45. The van der Waals surface area contributed by atoms with E-state index in [4.69, 9.17) is 4.74 Å². The molecule has 2 nitrogen and oxygen atoms in total. The van der Waals surface area contributed by atoms with Gasteiger partial charge in [-0.05, 0) is 26.0 Å². The molecule has 1 N–H and O–H groups in total. The van der Waals surface area contributed by atoms with E-state index in [9.17, 15) is 5.11 Å². The molecule has 0 spiro atoms. The van der Waals surface area contributed by atoms with Crippen molar-refractivity contribution in [2.24, 2.45) is 0 Å². The monoisotopic (exact) mass is 204 g/mol. The molecule has 1 atom stereocenters. The van der Waals surface area contributed by atoms with Crippen LogP contribution in [-0.4, -0.2) is 12.2 Å². The highest BCUT2D eigenvalue weighted by Crippen LogP contribution is 2.27. The maximum atomic E-state index is 9.91. The van der Waals surface area contributed by atoms with E-state index in [0.29, 0.717) is 12.2 Å². The second-order valence-corrected chi connectivity index (χ2v) is 3.39. The number of aryl methyl sites for hydroxylation is 1. The number of hydrogen-bond donors (Lipinski definition) is 1. The maximum absolute atomic E-state index is 9.91. The molecular weight excluding hydrogens is 188 g/mol. The third-order valence-corrected chi connectivity index (χ3v) is 2.22. The molecule has 1 aromatic rings. The van der Waals surface area contributed by atoms with Crippen molar-refractivity contribution in [3.8, 4) is 17.6 Å². The lowest BCUT2D eigenvalue weighted by Crippen LogP contribution is -2.00. The zero-order valence-electron chi connectivity index (χ0n) is 9.37. The first-order valence-electron chi connectivity index (χ1n) is 4.91. The Morgan fingerprint density at radius 1 is 1.47 bits per heavy atom. The number of rotatable bonds is 3. The summed E-state index contributed by atoms with van der Waals surface area (Å²) in [5.74, 6) is 6.35. The summed E-state index contributed by atoms with van der Waals surface area (Å²) in [4.78, 5) is 0. The molecule has 0 heterocycles. The van der Waals surface area contributed by atoms with E-state index in [1.807, 2.05) is 25.1 Å². The lowest BCUT2D eigenvalue weighted by molar-refractivity contribution is 0.179. The minimum Gasteiger partial charge on any atom is -0.496 e. The first kappa shape index (κ1) is 11.6. The molecule has 2 heteroatoms. The van der Waals surface area contributed by atoms with Gasteiger partial charge in [0.05, 0.1) is 13.2 Å². The first-order valence-corrected chi connectivity index (χ1v) is 4.91. The van der Waals surface area contributed by atoms with E-state index in [2.05, 4.69) is 11.8 Å². The number of benzene rings is 1. The van der Waals surface area contributed by atoms with Gasteiger partial charge in [-0.3, -0.25) is 0 Å². The van der Waals surface area contributed by atoms with Gasteiger partial charge in [0.15, 0.2) is 0 Å². The Balaban J connectivity index is 2.97. The van der Waals surface area contributed by atoms with Gasteiger partial charge in [0.25, 0.3) is 0 Å². The highest BCUT2D eigenvalue weighted by atomic mass is 16.5. The van der Waals surface area contributed by atoms with Gasteiger partial charge >= 0.3 is 0 Å². The van der Waals surface area contributed by atoms with Gasteiger partial charge in [0.2, 0.25) is 0 Å². The smallest absolute Gasteiger partial charge is 0.124 e. The summed E-state index contributed by atoms with van der Waals surface area (Å²) in [7, 11) is 1.60. The van der Waals surface area contributed by atoms with Crippen LogP contribution in [0.3, 0.4) is 0 Å². The van der Waals surface area contributed by atoms with Gasteiger partial charge in [0.1, 0.15) is 5.75 Å². The molecule has 1 rings (SSSR count). The first-order chi connectivity index (χ1) is 7.19. The standard InChI is InChI=1S/C13H16O2/c1-4-5-6-12(14)11-9-10(2)7-8-13(11)15-3/h7-9,12,14H,6H2,1-3H3. The van der Waals surface area contributed by atoms with Crippen LogP contribution in [-0.2, 0) is 0 Å². The molecular formula is C13H16O2. The largest absolute Gasteiger partial charge is 0.496 e. The topological polar surface area (TPSA) is 29.5 Å². The average molecular weight is 204 g/mol. The van der Waals surface area contributed by atoms with Crippen molar-refractivity contribution in [3.63, 3.8) is 0 Å². The molecule has 0 bridgehead atoms. The minimum absolute atomic E-state index is 0.441. The van der Waals surface area contributed by atoms with Gasteiger partial charge in [-0.15, -0.1) is 11.8 Å². The van der Waals surface area contributed by atoms with Crippen LogP contribution in [0.2, 0.25) is 0 Å². The van der Waals surface area contributed by atoms with Gasteiger partial charge in [-0.1, -0.05) is 11.6 Å². The van der Waals surface area contributed by atoms with E-state index in [1.54, 1.807) is 14.0 Å². The molecule has 15 heavy (non-hydrogen) atoms. The Labute approximate surface area is 90.9 Å². The molecule has 0 saturated carbocycles. The van der Waals surface area contributed by atoms with Gasteiger partial charge in [0, 0.05) is 12.0 Å². The van der Waals surface area contributed by atoms with Gasteiger partial charge in [-0.25, -0.2) is 0 Å².